The molecule has 0 aromatic carbocycles. The molecule has 1 unspecified atom stereocenters. The first kappa shape index (κ1) is 17.4. The Morgan fingerprint density at radius 3 is 2.60 bits per heavy atom. The third-order valence-corrected chi connectivity index (χ3v) is 5.70. The predicted octanol–water partition coefficient (Wildman–Crippen LogP) is -0.0408. The monoisotopic (exact) mass is 307 g/mol. The van der Waals surface area contributed by atoms with Gasteiger partial charge in [0.05, 0.1) is 6.54 Å². The Bertz CT molecular complexity index is 409. The van der Waals surface area contributed by atoms with Crippen molar-refractivity contribution in [3.05, 3.63) is 0 Å². The first-order valence-electron chi connectivity index (χ1n) is 7.09. The number of aliphatic carboxylic acids is 1. The third kappa shape index (κ3) is 4.69. The van der Waals surface area contributed by atoms with E-state index in [0.29, 0.717) is 32.7 Å². The van der Waals surface area contributed by atoms with Gasteiger partial charge in [-0.15, -0.1) is 0 Å². The van der Waals surface area contributed by atoms with Gasteiger partial charge in [-0.1, -0.05) is 13.8 Å². The van der Waals surface area contributed by atoms with Gasteiger partial charge in [0.1, 0.15) is 0 Å². The molecule has 0 aliphatic carbocycles. The molecule has 0 aromatic heterocycles. The summed E-state index contributed by atoms with van der Waals surface area (Å²) in [5, 5.41) is 11.4. The van der Waals surface area contributed by atoms with Gasteiger partial charge in [-0.2, -0.15) is 17.0 Å². The number of hydrogen-bond acceptors (Lipinski definition) is 4. The Hall–Kier alpha value is -0.700. The van der Waals surface area contributed by atoms with Crippen molar-refractivity contribution in [2.45, 2.75) is 26.7 Å². The second-order valence-electron chi connectivity index (χ2n) is 4.98. The van der Waals surface area contributed by atoms with Crippen LogP contribution in [0.5, 0.6) is 0 Å². The SMILES string of the molecule is CCN(CC)S(=O)(=O)N1CCCC(CNCC(=O)O)C1. The van der Waals surface area contributed by atoms with Crippen molar-refractivity contribution in [1.29, 1.82) is 0 Å². The average Bonchev–Trinajstić information content (AvgIpc) is 2.39. The van der Waals surface area contributed by atoms with Gasteiger partial charge in [-0.25, -0.2) is 0 Å². The lowest BCUT2D eigenvalue weighted by Gasteiger charge is -2.35. The van der Waals surface area contributed by atoms with Gasteiger partial charge in [0.15, 0.2) is 0 Å². The summed E-state index contributed by atoms with van der Waals surface area (Å²) in [6.07, 6.45) is 1.75. The summed E-state index contributed by atoms with van der Waals surface area (Å²) in [6.45, 7) is 6.07. The van der Waals surface area contributed by atoms with Crippen molar-refractivity contribution < 1.29 is 18.3 Å². The molecule has 0 saturated carbocycles. The first-order valence-corrected chi connectivity index (χ1v) is 8.49. The molecule has 0 radical (unpaired) electrons. The zero-order valence-electron chi connectivity index (χ0n) is 12.2. The van der Waals surface area contributed by atoms with Crippen molar-refractivity contribution in [3.63, 3.8) is 0 Å². The minimum atomic E-state index is -3.38. The lowest BCUT2D eigenvalue weighted by atomic mass is 10.00. The van der Waals surface area contributed by atoms with Gasteiger partial charge in [0.2, 0.25) is 0 Å². The number of piperidine rings is 1. The second-order valence-corrected chi connectivity index (χ2v) is 6.91. The molecule has 1 atom stereocenters. The van der Waals surface area contributed by atoms with Crippen LogP contribution in [0.4, 0.5) is 0 Å². The number of hydrogen-bond donors (Lipinski definition) is 2. The second kappa shape index (κ2) is 7.92. The smallest absolute Gasteiger partial charge is 0.317 e. The van der Waals surface area contributed by atoms with Crippen molar-refractivity contribution in [1.82, 2.24) is 13.9 Å². The minimum Gasteiger partial charge on any atom is -0.480 e. The molecule has 1 fully saturated rings. The number of carbonyl (C=O) groups is 1. The van der Waals surface area contributed by atoms with Crippen LogP contribution in [-0.2, 0) is 15.0 Å². The molecular weight excluding hydrogens is 282 g/mol. The topological polar surface area (TPSA) is 90.0 Å². The van der Waals surface area contributed by atoms with Gasteiger partial charge in [0.25, 0.3) is 10.2 Å². The Balaban J connectivity index is 2.57. The van der Waals surface area contributed by atoms with E-state index in [1.54, 1.807) is 0 Å². The van der Waals surface area contributed by atoms with E-state index in [0.717, 1.165) is 12.8 Å². The standard InChI is InChI=1S/C12H25N3O4S/c1-3-14(4-2)20(18,19)15-7-5-6-11(10-15)8-13-9-12(16)17/h11,13H,3-10H2,1-2H3,(H,16,17). The molecule has 118 valence electrons. The predicted molar refractivity (Wildman–Crippen MR) is 76.6 cm³/mol. The molecule has 1 saturated heterocycles. The van der Waals surface area contributed by atoms with E-state index in [1.165, 1.54) is 8.61 Å². The van der Waals surface area contributed by atoms with Gasteiger partial charge in [-0.3, -0.25) is 4.79 Å². The summed E-state index contributed by atoms with van der Waals surface area (Å²) in [6, 6.07) is 0. The Morgan fingerprint density at radius 1 is 1.40 bits per heavy atom. The van der Waals surface area contributed by atoms with Crippen LogP contribution in [0.25, 0.3) is 0 Å². The van der Waals surface area contributed by atoms with Crippen LogP contribution in [-0.4, -0.2) is 67.4 Å². The third-order valence-electron chi connectivity index (χ3n) is 3.55. The lowest BCUT2D eigenvalue weighted by Crippen LogP contribution is -2.49. The van der Waals surface area contributed by atoms with E-state index >= 15 is 0 Å². The summed E-state index contributed by atoms with van der Waals surface area (Å²) >= 11 is 0. The van der Waals surface area contributed by atoms with Crippen LogP contribution in [0.3, 0.4) is 0 Å². The lowest BCUT2D eigenvalue weighted by molar-refractivity contribution is -0.136. The fraction of sp³-hybridized carbons (Fsp3) is 0.917. The molecule has 1 heterocycles. The van der Waals surface area contributed by atoms with Gasteiger partial charge >= 0.3 is 5.97 Å². The maximum atomic E-state index is 12.4. The Kier molecular flexibility index (Phi) is 6.87. The molecule has 0 bridgehead atoms. The summed E-state index contributed by atoms with van der Waals surface area (Å²) in [7, 11) is -3.38. The molecule has 2 N–H and O–H groups in total. The van der Waals surface area contributed by atoms with Crippen molar-refractivity contribution in [2.24, 2.45) is 5.92 Å². The van der Waals surface area contributed by atoms with Crippen LogP contribution in [0.1, 0.15) is 26.7 Å². The van der Waals surface area contributed by atoms with Crippen LogP contribution in [0.2, 0.25) is 0 Å². The highest BCUT2D eigenvalue weighted by Crippen LogP contribution is 2.20. The highest BCUT2D eigenvalue weighted by atomic mass is 32.2. The van der Waals surface area contributed by atoms with Crippen LogP contribution in [0, 0.1) is 5.92 Å². The molecule has 0 amide bonds. The van der Waals surface area contributed by atoms with Crippen molar-refractivity contribution in [2.75, 3.05) is 39.3 Å². The Morgan fingerprint density at radius 2 is 2.05 bits per heavy atom. The number of rotatable bonds is 8. The van der Waals surface area contributed by atoms with Crippen LogP contribution < -0.4 is 5.32 Å². The van der Waals surface area contributed by atoms with E-state index < -0.39 is 16.2 Å². The number of carboxylic acid groups (broad SMARTS) is 1. The van der Waals surface area contributed by atoms with E-state index in [9.17, 15) is 13.2 Å². The molecule has 0 aromatic rings. The molecule has 8 heteroatoms. The first-order chi connectivity index (χ1) is 9.41. The molecule has 1 rings (SSSR count). The van der Waals surface area contributed by atoms with Gasteiger partial charge in [0, 0.05) is 26.2 Å². The molecule has 0 spiro atoms. The highest BCUT2D eigenvalue weighted by Gasteiger charge is 2.32. The average molecular weight is 307 g/mol. The van der Waals surface area contributed by atoms with E-state index in [4.69, 9.17) is 5.11 Å². The zero-order chi connectivity index (χ0) is 15.2. The molecule has 1 aliphatic rings. The molecule has 7 nitrogen and oxygen atoms in total. The summed E-state index contributed by atoms with van der Waals surface area (Å²) in [5.74, 6) is -0.720. The quantitative estimate of drug-likeness (QED) is 0.657. The Labute approximate surface area is 121 Å². The number of carboxylic acids is 1. The van der Waals surface area contributed by atoms with Crippen molar-refractivity contribution in [3.8, 4) is 0 Å². The van der Waals surface area contributed by atoms with Crippen LogP contribution in [0.15, 0.2) is 0 Å². The van der Waals surface area contributed by atoms with Gasteiger partial charge < -0.3 is 10.4 Å². The summed E-state index contributed by atoms with van der Waals surface area (Å²) < 4.78 is 27.8. The summed E-state index contributed by atoms with van der Waals surface area (Å²) in [4.78, 5) is 10.5. The normalized spacial score (nSPS) is 21.2. The largest absolute Gasteiger partial charge is 0.480 e. The molecular formula is C12H25N3O4S. The van der Waals surface area contributed by atoms with E-state index in [2.05, 4.69) is 5.32 Å². The maximum Gasteiger partial charge on any atom is 0.317 e. The number of nitrogens with zero attached hydrogens (tertiary/aromatic N) is 2. The zero-order valence-corrected chi connectivity index (χ0v) is 13.0. The molecule has 1 aliphatic heterocycles. The van der Waals surface area contributed by atoms with E-state index in [-0.39, 0.29) is 12.5 Å². The maximum absolute atomic E-state index is 12.4. The fourth-order valence-corrected chi connectivity index (χ4v) is 4.24. The minimum absolute atomic E-state index is 0.0840. The fourth-order valence-electron chi connectivity index (χ4n) is 2.50. The molecule has 20 heavy (non-hydrogen) atoms. The van der Waals surface area contributed by atoms with Crippen LogP contribution >= 0.6 is 0 Å². The van der Waals surface area contributed by atoms with E-state index in [1.807, 2.05) is 13.8 Å². The summed E-state index contributed by atoms with van der Waals surface area (Å²) in [5.41, 5.74) is 0. The number of nitrogens with one attached hydrogen (secondary N) is 1. The van der Waals surface area contributed by atoms with Gasteiger partial charge in [-0.05, 0) is 25.3 Å². The highest BCUT2D eigenvalue weighted by molar-refractivity contribution is 7.86. The van der Waals surface area contributed by atoms with Crippen molar-refractivity contribution >= 4 is 16.2 Å².